The molecule has 1 unspecified atom stereocenters. The Morgan fingerprint density at radius 2 is 1.67 bits per heavy atom. The minimum Gasteiger partial charge on any atom is -0.379 e. The van der Waals surface area contributed by atoms with Gasteiger partial charge in [0.2, 0.25) is 5.91 Å². The highest BCUT2D eigenvalue weighted by Gasteiger charge is 2.31. The number of hydrogen-bond donors (Lipinski definition) is 2. The molecule has 1 aliphatic rings. The zero-order chi connectivity index (χ0) is 24.0. The van der Waals surface area contributed by atoms with Crippen molar-refractivity contribution in [3.8, 4) is 0 Å². The Kier molecular flexibility index (Phi) is 8.10. The Labute approximate surface area is 191 Å². The first-order valence-electron chi connectivity index (χ1n) is 10.8. The van der Waals surface area contributed by atoms with E-state index in [2.05, 4.69) is 15.5 Å². The highest BCUT2D eigenvalue weighted by Crippen LogP contribution is 2.31. The van der Waals surface area contributed by atoms with Gasteiger partial charge in [-0.1, -0.05) is 18.2 Å². The van der Waals surface area contributed by atoms with E-state index in [0.29, 0.717) is 37.4 Å². The number of amides is 2. The summed E-state index contributed by atoms with van der Waals surface area (Å²) in [7, 11) is 0. The Hall–Kier alpha value is -2.91. The van der Waals surface area contributed by atoms with E-state index in [1.165, 1.54) is 12.1 Å². The number of ether oxygens (including phenoxy) is 1. The lowest BCUT2D eigenvalue weighted by molar-refractivity contribution is -0.137. The molecule has 2 aromatic rings. The van der Waals surface area contributed by atoms with Crippen LogP contribution in [0.25, 0.3) is 0 Å². The van der Waals surface area contributed by atoms with Crippen LogP contribution in [0.4, 0.5) is 13.2 Å². The van der Waals surface area contributed by atoms with E-state index >= 15 is 0 Å². The van der Waals surface area contributed by atoms with Crippen LogP contribution in [-0.4, -0.2) is 56.1 Å². The maximum Gasteiger partial charge on any atom is 0.416 e. The van der Waals surface area contributed by atoms with E-state index < -0.39 is 11.7 Å². The number of carbonyl (C=O) groups excluding carboxylic acids is 2. The topological polar surface area (TPSA) is 70.7 Å². The average Bonchev–Trinajstić information content (AvgIpc) is 2.80. The van der Waals surface area contributed by atoms with E-state index in [4.69, 9.17) is 4.74 Å². The monoisotopic (exact) mass is 463 g/mol. The lowest BCUT2D eigenvalue weighted by Gasteiger charge is -2.35. The van der Waals surface area contributed by atoms with Gasteiger partial charge in [0.15, 0.2) is 0 Å². The van der Waals surface area contributed by atoms with Crippen LogP contribution in [0.2, 0.25) is 0 Å². The van der Waals surface area contributed by atoms with Gasteiger partial charge in [0.1, 0.15) is 0 Å². The van der Waals surface area contributed by atoms with E-state index in [-0.39, 0.29) is 30.9 Å². The second kappa shape index (κ2) is 10.8. The molecule has 1 aliphatic heterocycles. The van der Waals surface area contributed by atoms with E-state index in [0.717, 1.165) is 23.3 Å². The fourth-order valence-electron chi connectivity index (χ4n) is 3.66. The van der Waals surface area contributed by atoms with Gasteiger partial charge in [0.05, 0.1) is 31.4 Å². The summed E-state index contributed by atoms with van der Waals surface area (Å²) in [5, 5.41) is 5.40. The Balaban J connectivity index is 1.61. The van der Waals surface area contributed by atoms with Crippen molar-refractivity contribution in [1.82, 2.24) is 15.5 Å². The molecule has 33 heavy (non-hydrogen) atoms. The molecule has 0 spiro atoms. The van der Waals surface area contributed by atoms with E-state index in [1.54, 1.807) is 12.1 Å². The number of benzene rings is 2. The van der Waals surface area contributed by atoms with Crippen LogP contribution < -0.4 is 10.6 Å². The molecule has 2 aromatic carbocycles. The summed E-state index contributed by atoms with van der Waals surface area (Å²) < 4.78 is 44.1. The van der Waals surface area contributed by atoms with Gasteiger partial charge < -0.3 is 15.4 Å². The van der Waals surface area contributed by atoms with Gasteiger partial charge in [-0.25, -0.2) is 0 Å². The second-order valence-corrected chi connectivity index (χ2v) is 8.07. The highest BCUT2D eigenvalue weighted by molar-refractivity contribution is 5.96. The minimum atomic E-state index is -4.41. The molecule has 0 aromatic heterocycles. The standard InChI is InChI=1S/C24H28F3N3O3/c1-16-3-4-19(13-17(16)2)23(32)29-15-22(31)28-14-21(30-9-11-33-12-10-30)18-5-7-20(8-6-18)24(25,26)27/h3-8,13,21H,9-12,14-15H2,1-2H3,(H,28,31)(H,29,32). The lowest BCUT2D eigenvalue weighted by Crippen LogP contribution is -2.45. The molecule has 0 bridgehead atoms. The quantitative estimate of drug-likeness (QED) is 0.662. The molecule has 2 N–H and O–H groups in total. The number of nitrogens with one attached hydrogen (secondary N) is 2. The van der Waals surface area contributed by atoms with Gasteiger partial charge in [-0.05, 0) is 54.8 Å². The number of carbonyl (C=O) groups is 2. The molecule has 1 atom stereocenters. The molecule has 1 saturated heterocycles. The molecule has 3 rings (SSSR count). The first-order chi connectivity index (χ1) is 15.6. The zero-order valence-electron chi connectivity index (χ0n) is 18.7. The third-order valence-electron chi connectivity index (χ3n) is 5.78. The number of hydrogen-bond acceptors (Lipinski definition) is 4. The van der Waals surface area contributed by atoms with Crippen LogP contribution >= 0.6 is 0 Å². The molecule has 0 radical (unpaired) electrons. The van der Waals surface area contributed by atoms with Crippen LogP contribution in [0.15, 0.2) is 42.5 Å². The van der Waals surface area contributed by atoms with Crippen LogP contribution in [-0.2, 0) is 15.7 Å². The largest absolute Gasteiger partial charge is 0.416 e. The summed E-state index contributed by atoms with van der Waals surface area (Å²) in [5.74, 6) is -0.724. The first kappa shape index (κ1) is 24.7. The van der Waals surface area contributed by atoms with Gasteiger partial charge >= 0.3 is 6.18 Å². The maximum atomic E-state index is 12.9. The maximum absolute atomic E-state index is 12.9. The molecular weight excluding hydrogens is 435 g/mol. The van der Waals surface area contributed by atoms with Crippen molar-refractivity contribution in [2.75, 3.05) is 39.4 Å². The SMILES string of the molecule is Cc1ccc(C(=O)NCC(=O)NCC(c2ccc(C(F)(F)F)cc2)N2CCOCC2)cc1C. The molecule has 6 nitrogen and oxygen atoms in total. The summed E-state index contributed by atoms with van der Waals surface area (Å²) in [5.41, 5.74) is 2.48. The molecule has 1 fully saturated rings. The third kappa shape index (κ3) is 6.79. The van der Waals surface area contributed by atoms with Gasteiger partial charge in [-0.2, -0.15) is 13.2 Å². The third-order valence-corrected chi connectivity index (χ3v) is 5.78. The van der Waals surface area contributed by atoms with Crippen molar-refractivity contribution in [1.29, 1.82) is 0 Å². The van der Waals surface area contributed by atoms with Crippen molar-refractivity contribution < 1.29 is 27.5 Å². The number of alkyl halides is 3. The molecule has 178 valence electrons. The molecule has 0 aliphatic carbocycles. The number of halogens is 3. The fourth-order valence-corrected chi connectivity index (χ4v) is 3.66. The van der Waals surface area contributed by atoms with Crippen LogP contribution in [0.3, 0.4) is 0 Å². The van der Waals surface area contributed by atoms with Gasteiger partial charge in [0.25, 0.3) is 5.91 Å². The number of morpholine rings is 1. The number of rotatable bonds is 7. The van der Waals surface area contributed by atoms with Crippen molar-refractivity contribution >= 4 is 11.8 Å². The fraction of sp³-hybridized carbons (Fsp3) is 0.417. The van der Waals surface area contributed by atoms with Crippen molar-refractivity contribution in [2.45, 2.75) is 26.1 Å². The van der Waals surface area contributed by atoms with Gasteiger partial charge in [-0.15, -0.1) is 0 Å². The zero-order valence-corrected chi connectivity index (χ0v) is 18.7. The van der Waals surface area contributed by atoms with E-state index in [1.807, 2.05) is 19.9 Å². The Morgan fingerprint density at radius 3 is 2.27 bits per heavy atom. The predicted molar refractivity (Wildman–Crippen MR) is 118 cm³/mol. The van der Waals surface area contributed by atoms with Crippen LogP contribution in [0.5, 0.6) is 0 Å². The van der Waals surface area contributed by atoms with Crippen molar-refractivity contribution in [3.63, 3.8) is 0 Å². The molecule has 9 heteroatoms. The minimum absolute atomic E-state index is 0.198. The number of nitrogens with zero attached hydrogens (tertiary/aromatic N) is 1. The lowest BCUT2D eigenvalue weighted by atomic mass is 10.0. The van der Waals surface area contributed by atoms with E-state index in [9.17, 15) is 22.8 Å². The first-order valence-corrected chi connectivity index (χ1v) is 10.8. The molecular formula is C24H28F3N3O3. The molecule has 0 saturated carbocycles. The summed E-state index contributed by atoms with van der Waals surface area (Å²) in [4.78, 5) is 26.8. The highest BCUT2D eigenvalue weighted by atomic mass is 19.4. The van der Waals surface area contributed by atoms with Crippen LogP contribution in [0, 0.1) is 13.8 Å². The summed E-state index contributed by atoms with van der Waals surface area (Å²) >= 11 is 0. The Morgan fingerprint density at radius 1 is 1.00 bits per heavy atom. The normalized spacial score (nSPS) is 15.7. The van der Waals surface area contributed by atoms with Crippen LogP contribution in [0.1, 0.15) is 38.7 Å². The summed E-state index contributed by atoms with van der Waals surface area (Å²) in [6.45, 7) is 6.08. The van der Waals surface area contributed by atoms with Crippen molar-refractivity contribution in [3.05, 3.63) is 70.3 Å². The van der Waals surface area contributed by atoms with Crippen molar-refractivity contribution in [2.24, 2.45) is 0 Å². The second-order valence-electron chi connectivity index (χ2n) is 8.07. The average molecular weight is 464 g/mol. The predicted octanol–water partition coefficient (Wildman–Crippen LogP) is 3.24. The van der Waals surface area contributed by atoms with Gasteiger partial charge in [0, 0.05) is 25.2 Å². The number of aryl methyl sites for hydroxylation is 2. The smallest absolute Gasteiger partial charge is 0.379 e. The summed E-state index contributed by atoms with van der Waals surface area (Å²) in [6, 6.07) is 9.99. The molecule has 2 amide bonds. The molecule has 1 heterocycles. The summed E-state index contributed by atoms with van der Waals surface area (Å²) in [6.07, 6.45) is -4.41. The Bertz CT molecular complexity index is 971. The van der Waals surface area contributed by atoms with Gasteiger partial charge in [-0.3, -0.25) is 14.5 Å².